The van der Waals surface area contributed by atoms with E-state index in [-0.39, 0.29) is 37.2 Å². The van der Waals surface area contributed by atoms with E-state index in [9.17, 15) is 9.59 Å². The molecule has 0 unspecified atom stereocenters. The van der Waals surface area contributed by atoms with Crippen LogP contribution >= 0.6 is 0 Å². The van der Waals surface area contributed by atoms with Crippen LogP contribution in [0.3, 0.4) is 0 Å². The molecule has 0 bridgehead atoms. The lowest BCUT2D eigenvalue weighted by Gasteiger charge is -2.06. The van der Waals surface area contributed by atoms with Gasteiger partial charge in [-0.3, -0.25) is 9.36 Å². The van der Waals surface area contributed by atoms with E-state index >= 15 is 0 Å². The molecule has 0 aliphatic heterocycles. The first-order valence-corrected chi connectivity index (χ1v) is 7.97. The highest BCUT2D eigenvalue weighted by molar-refractivity contribution is 5.75. The van der Waals surface area contributed by atoms with Gasteiger partial charge in [-0.1, -0.05) is 23.4 Å². The Bertz CT molecular complexity index is 943. The molecule has 0 spiro atoms. The highest BCUT2D eigenvalue weighted by Gasteiger charge is 2.14. The summed E-state index contributed by atoms with van der Waals surface area (Å²) < 4.78 is 12.4. The van der Waals surface area contributed by atoms with Crippen LogP contribution in [-0.2, 0) is 11.3 Å². The zero-order valence-electron chi connectivity index (χ0n) is 14.4. The fourth-order valence-corrected chi connectivity index (χ4v) is 2.31. The maximum atomic E-state index is 12.5. The van der Waals surface area contributed by atoms with Gasteiger partial charge in [0, 0.05) is 0 Å². The van der Waals surface area contributed by atoms with Crippen LogP contribution in [0.25, 0.3) is 5.69 Å². The Kier molecular flexibility index (Phi) is 5.11. The van der Waals surface area contributed by atoms with Crippen molar-refractivity contribution in [2.45, 2.75) is 20.4 Å². The van der Waals surface area contributed by atoms with E-state index in [1.807, 2.05) is 18.2 Å². The van der Waals surface area contributed by atoms with Gasteiger partial charge in [-0.05, 0) is 31.1 Å². The van der Waals surface area contributed by atoms with Gasteiger partial charge in [0.2, 0.25) is 5.91 Å². The van der Waals surface area contributed by atoms with E-state index in [4.69, 9.17) is 4.74 Å². The molecule has 0 aliphatic carbocycles. The maximum absolute atomic E-state index is 12.5. The van der Waals surface area contributed by atoms with Gasteiger partial charge in [-0.25, -0.2) is 9.42 Å². The molecule has 136 valence electrons. The van der Waals surface area contributed by atoms with Gasteiger partial charge in [0.05, 0.1) is 12.2 Å². The summed E-state index contributed by atoms with van der Waals surface area (Å²) in [6, 6.07) is 9.03. The lowest BCUT2D eigenvalue weighted by Crippen LogP contribution is -2.35. The first-order valence-electron chi connectivity index (χ1n) is 7.97. The first kappa shape index (κ1) is 17.4. The summed E-state index contributed by atoms with van der Waals surface area (Å²) in [5.74, 6) is 0.423. The van der Waals surface area contributed by atoms with Crippen LogP contribution in [0.2, 0.25) is 0 Å². The molecule has 10 nitrogen and oxygen atoms in total. The molecule has 0 radical (unpaired) electrons. The maximum Gasteiger partial charge on any atom is 0.351 e. The zero-order chi connectivity index (χ0) is 18.5. The van der Waals surface area contributed by atoms with Gasteiger partial charge in [0.25, 0.3) is 5.88 Å². The van der Waals surface area contributed by atoms with Gasteiger partial charge in [0.1, 0.15) is 24.7 Å². The summed E-state index contributed by atoms with van der Waals surface area (Å²) in [4.78, 5) is 24.6. The fraction of sp³-hybridized carbons (Fsp3) is 0.312. The summed E-state index contributed by atoms with van der Waals surface area (Å²) in [5, 5.41) is 14.1. The number of hydrogen-bond acceptors (Lipinski definition) is 7. The summed E-state index contributed by atoms with van der Waals surface area (Å²) in [6.07, 6.45) is 0. The molecular formula is C16H18N6O4. The number of benzene rings is 1. The van der Waals surface area contributed by atoms with Crippen molar-refractivity contribution in [3.63, 3.8) is 0 Å². The predicted octanol–water partition coefficient (Wildman–Crippen LogP) is 0.229. The number of aromatic nitrogens is 5. The number of para-hydroxylation sites is 1. The average molecular weight is 358 g/mol. The molecule has 0 fully saturated rings. The van der Waals surface area contributed by atoms with Crippen LogP contribution in [0.5, 0.6) is 5.88 Å². The number of carbonyl (C=O) groups is 1. The Labute approximate surface area is 148 Å². The van der Waals surface area contributed by atoms with Gasteiger partial charge >= 0.3 is 5.69 Å². The minimum atomic E-state index is -0.371. The molecule has 1 amide bonds. The molecule has 1 aromatic carbocycles. The van der Waals surface area contributed by atoms with Crippen LogP contribution in [0, 0.1) is 13.8 Å². The molecule has 0 aliphatic rings. The molecular weight excluding hydrogens is 340 g/mol. The second-order valence-electron chi connectivity index (χ2n) is 5.52. The van der Waals surface area contributed by atoms with Crippen molar-refractivity contribution in [2.75, 3.05) is 13.2 Å². The number of nitrogens with one attached hydrogen (secondary N) is 1. The second kappa shape index (κ2) is 7.64. The number of hydrogen-bond donors (Lipinski definition) is 1. The Balaban J connectivity index is 1.57. The van der Waals surface area contributed by atoms with Crippen molar-refractivity contribution in [2.24, 2.45) is 0 Å². The summed E-state index contributed by atoms with van der Waals surface area (Å²) in [6.45, 7) is 3.72. The number of ether oxygens (including phenoxy) is 1. The minimum absolute atomic E-state index is 0.123. The van der Waals surface area contributed by atoms with E-state index < -0.39 is 0 Å². The molecule has 26 heavy (non-hydrogen) atoms. The topological polar surface area (TPSA) is 117 Å². The van der Waals surface area contributed by atoms with Gasteiger partial charge in [-0.2, -0.15) is 9.78 Å². The summed E-state index contributed by atoms with van der Waals surface area (Å²) >= 11 is 0. The van der Waals surface area contributed by atoms with Gasteiger partial charge in [-0.15, -0.1) is 0 Å². The Morgan fingerprint density at radius 2 is 2.00 bits per heavy atom. The van der Waals surface area contributed by atoms with E-state index in [0.717, 1.165) is 0 Å². The Hall–Kier alpha value is -3.43. The van der Waals surface area contributed by atoms with Crippen molar-refractivity contribution in [1.29, 1.82) is 0 Å². The van der Waals surface area contributed by atoms with Crippen LogP contribution in [-0.4, -0.2) is 43.7 Å². The number of amides is 1. The number of nitrogens with zero attached hydrogens (tertiary/aromatic N) is 5. The van der Waals surface area contributed by atoms with Gasteiger partial charge < -0.3 is 10.1 Å². The molecule has 0 saturated carbocycles. The first-order chi connectivity index (χ1) is 12.6. The van der Waals surface area contributed by atoms with Crippen molar-refractivity contribution >= 4 is 5.91 Å². The smallest absolute Gasteiger partial charge is 0.351 e. The van der Waals surface area contributed by atoms with E-state index in [0.29, 0.717) is 17.2 Å². The van der Waals surface area contributed by atoms with Crippen LogP contribution in [0.15, 0.2) is 39.8 Å². The molecule has 0 saturated heterocycles. The molecule has 0 atom stereocenters. The average Bonchev–Trinajstić information content (AvgIpc) is 3.17. The van der Waals surface area contributed by atoms with Crippen LogP contribution < -0.4 is 15.7 Å². The Morgan fingerprint density at radius 1 is 1.23 bits per heavy atom. The lowest BCUT2D eigenvalue weighted by atomic mass is 10.3. The fourth-order valence-electron chi connectivity index (χ4n) is 2.31. The third-order valence-electron chi connectivity index (χ3n) is 3.62. The predicted molar refractivity (Wildman–Crippen MR) is 90.1 cm³/mol. The lowest BCUT2D eigenvalue weighted by molar-refractivity contribution is -0.121. The molecule has 10 heteroatoms. The number of aryl methyl sites for hydroxylation is 2. The summed E-state index contributed by atoms with van der Waals surface area (Å²) in [7, 11) is 0. The van der Waals surface area contributed by atoms with Crippen LogP contribution in [0.4, 0.5) is 0 Å². The molecule has 2 aromatic heterocycles. The minimum Gasteiger partial charge on any atom is -0.472 e. The molecule has 1 N–H and O–H groups in total. The van der Waals surface area contributed by atoms with Crippen molar-refractivity contribution in [1.82, 2.24) is 30.0 Å². The van der Waals surface area contributed by atoms with Crippen molar-refractivity contribution in [3.05, 3.63) is 52.3 Å². The van der Waals surface area contributed by atoms with E-state index in [1.54, 1.807) is 26.0 Å². The highest BCUT2D eigenvalue weighted by Crippen LogP contribution is 2.09. The quantitative estimate of drug-likeness (QED) is 0.601. The summed E-state index contributed by atoms with van der Waals surface area (Å²) in [5.41, 5.74) is 0.806. The van der Waals surface area contributed by atoms with Crippen LogP contribution in [0.1, 0.15) is 11.5 Å². The van der Waals surface area contributed by atoms with E-state index in [1.165, 1.54) is 9.25 Å². The number of carbonyl (C=O) groups excluding carboxylic acids is 1. The Morgan fingerprint density at radius 3 is 2.69 bits per heavy atom. The zero-order valence-corrected chi connectivity index (χ0v) is 14.4. The van der Waals surface area contributed by atoms with Gasteiger partial charge in [0.15, 0.2) is 0 Å². The third kappa shape index (κ3) is 3.79. The second-order valence-corrected chi connectivity index (χ2v) is 5.52. The number of rotatable bonds is 7. The van der Waals surface area contributed by atoms with Crippen molar-refractivity contribution in [3.8, 4) is 11.6 Å². The normalized spacial score (nSPS) is 10.7. The molecule has 2 heterocycles. The standard InChI is InChI=1S/C16H18N6O4/c1-11-15(20-26-19-11)25-9-8-17-14(23)10-21-12(2)18-22(16(21)24)13-6-4-3-5-7-13/h3-7H,8-10H2,1-2H3,(H,17,23). The molecule has 3 aromatic rings. The molecule has 3 rings (SSSR count). The third-order valence-corrected chi connectivity index (χ3v) is 3.62. The largest absolute Gasteiger partial charge is 0.472 e. The monoisotopic (exact) mass is 358 g/mol. The SMILES string of the molecule is Cc1nonc1OCCNC(=O)Cn1c(C)nn(-c2ccccc2)c1=O. The van der Waals surface area contributed by atoms with Crippen molar-refractivity contribution < 1.29 is 14.2 Å². The highest BCUT2D eigenvalue weighted by atomic mass is 16.6. The van der Waals surface area contributed by atoms with E-state index in [2.05, 4.69) is 25.4 Å².